The average molecular weight is 533 g/mol. The zero-order valence-electron chi connectivity index (χ0n) is 20.7. The summed E-state index contributed by atoms with van der Waals surface area (Å²) in [5.74, 6) is 0.700. The molecule has 12 heteroatoms. The maximum absolute atomic E-state index is 13.1. The van der Waals surface area contributed by atoms with Gasteiger partial charge in [-0.2, -0.15) is 4.98 Å². The van der Waals surface area contributed by atoms with Crippen molar-refractivity contribution in [3.8, 4) is 22.1 Å². The number of fused-ring (bicyclic) bond motifs is 2. The fourth-order valence-electron chi connectivity index (χ4n) is 3.96. The van der Waals surface area contributed by atoms with Gasteiger partial charge in [0.15, 0.2) is 5.82 Å². The second-order valence-corrected chi connectivity index (χ2v) is 9.11. The Bertz CT molecular complexity index is 1640. The maximum atomic E-state index is 13.1. The molecule has 0 amide bonds. The average Bonchev–Trinajstić information content (AvgIpc) is 3.61. The molecule has 5 aromatic rings. The molecule has 1 aliphatic heterocycles. The number of carbonyl (C=O) groups is 1. The van der Waals surface area contributed by atoms with Gasteiger partial charge in [0.25, 0.3) is 11.4 Å². The molecule has 0 fully saturated rings. The normalized spacial score (nSPS) is 12.4. The van der Waals surface area contributed by atoms with Gasteiger partial charge in [0.05, 0.1) is 28.3 Å². The molecule has 3 aromatic heterocycles. The summed E-state index contributed by atoms with van der Waals surface area (Å²) in [5.41, 5.74) is 8.56. The van der Waals surface area contributed by atoms with E-state index >= 15 is 0 Å². The molecule has 0 saturated heterocycles. The van der Waals surface area contributed by atoms with Crippen molar-refractivity contribution >= 4 is 45.2 Å². The van der Waals surface area contributed by atoms with E-state index in [4.69, 9.17) is 15.0 Å². The van der Waals surface area contributed by atoms with Crippen molar-refractivity contribution < 1.29 is 18.8 Å². The van der Waals surface area contributed by atoms with Crippen molar-refractivity contribution in [2.24, 2.45) is 0 Å². The van der Waals surface area contributed by atoms with Crippen LogP contribution in [0.4, 0.5) is 17.2 Å². The first-order valence-corrected chi connectivity index (χ1v) is 12.6. The third kappa shape index (κ3) is 4.74. The number of rotatable bonds is 5. The molecule has 0 aliphatic carbocycles. The predicted octanol–water partition coefficient (Wildman–Crippen LogP) is 4.08. The van der Waals surface area contributed by atoms with Crippen LogP contribution in [-0.4, -0.2) is 52.8 Å². The van der Waals surface area contributed by atoms with Crippen LogP contribution in [0.15, 0.2) is 63.9 Å². The number of nitrogen functional groups attached to an aromatic ring is 1. The van der Waals surface area contributed by atoms with E-state index in [-0.39, 0.29) is 17.5 Å². The van der Waals surface area contributed by atoms with Crippen molar-refractivity contribution in [1.29, 1.82) is 0 Å². The molecule has 6 rings (SSSR count). The molecule has 0 unspecified atom stereocenters. The van der Waals surface area contributed by atoms with Crippen LogP contribution in [0.1, 0.15) is 17.6 Å². The molecule has 11 nitrogen and oxygen atoms in total. The van der Waals surface area contributed by atoms with Crippen LogP contribution >= 0.6 is 11.3 Å². The van der Waals surface area contributed by atoms with Crippen LogP contribution in [0.2, 0.25) is 0 Å². The Kier molecular flexibility index (Phi) is 7.15. The second-order valence-electron chi connectivity index (χ2n) is 8.08. The number of hydrogen-bond donors (Lipinski definition) is 1. The highest BCUT2D eigenvalue weighted by Crippen LogP contribution is 2.39. The minimum absolute atomic E-state index is 0.128. The van der Waals surface area contributed by atoms with Gasteiger partial charge >= 0.3 is 0 Å². The van der Waals surface area contributed by atoms with E-state index in [2.05, 4.69) is 24.8 Å². The number of benzene rings is 2. The number of nitrogens with zero attached hydrogens (tertiary/aromatic N) is 5. The lowest BCUT2D eigenvalue weighted by Crippen LogP contribution is -2.29. The zero-order valence-corrected chi connectivity index (χ0v) is 21.5. The van der Waals surface area contributed by atoms with Crippen LogP contribution in [-0.2, 0) is 4.74 Å². The van der Waals surface area contributed by atoms with E-state index in [1.165, 1.54) is 15.9 Å². The first kappa shape index (κ1) is 25.1. The minimum Gasteiger partial charge on any atom is -0.490 e. The quantitative estimate of drug-likeness (QED) is 0.330. The van der Waals surface area contributed by atoms with Crippen LogP contribution in [0.25, 0.3) is 26.7 Å². The van der Waals surface area contributed by atoms with Gasteiger partial charge in [0.2, 0.25) is 12.1 Å². The molecule has 0 radical (unpaired) electrons. The van der Waals surface area contributed by atoms with Gasteiger partial charge in [-0.1, -0.05) is 23.4 Å². The third-order valence-corrected chi connectivity index (χ3v) is 6.78. The van der Waals surface area contributed by atoms with Crippen LogP contribution < -0.4 is 20.9 Å². The first-order valence-electron chi connectivity index (χ1n) is 11.7. The number of aromatic nitrogens is 4. The minimum atomic E-state index is -0.443. The van der Waals surface area contributed by atoms with Crippen molar-refractivity contribution in [3.63, 3.8) is 0 Å². The predicted molar refractivity (Wildman–Crippen MR) is 145 cm³/mol. The highest BCUT2D eigenvalue weighted by molar-refractivity contribution is 7.21. The molecule has 194 valence electrons. The molecule has 2 aromatic carbocycles. The fourth-order valence-corrected chi connectivity index (χ4v) is 4.92. The van der Waals surface area contributed by atoms with E-state index in [1.807, 2.05) is 55.5 Å². The topological polar surface area (TPSA) is 139 Å². The number of aldehydes is 1. The van der Waals surface area contributed by atoms with Crippen molar-refractivity contribution in [2.75, 3.05) is 37.5 Å². The van der Waals surface area contributed by atoms with Crippen molar-refractivity contribution in [3.05, 3.63) is 70.8 Å². The lowest BCUT2D eigenvalue weighted by Gasteiger charge is -2.31. The SMILES string of the molecule is CCOC.Nc1nc2sc(-c3noc(C=O)n3)cc2n(-c2ccc3c(c2)N(c2ccccc2)CCO3)c1=O. The van der Waals surface area contributed by atoms with Gasteiger partial charge in [-0.05, 0) is 43.3 Å². The van der Waals surface area contributed by atoms with Crippen LogP contribution in [0, 0.1) is 0 Å². The molecule has 1 aliphatic rings. The van der Waals surface area contributed by atoms with E-state index in [9.17, 15) is 9.59 Å². The number of thiophene rings is 1. The Morgan fingerprint density at radius 3 is 2.63 bits per heavy atom. The summed E-state index contributed by atoms with van der Waals surface area (Å²) in [6.45, 7) is 4.00. The second kappa shape index (κ2) is 10.8. The Labute approximate surface area is 221 Å². The summed E-state index contributed by atoms with van der Waals surface area (Å²) >= 11 is 1.25. The van der Waals surface area contributed by atoms with Crippen molar-refractivity contribution in [1.82, 2.24) is 19.7 Å². The summed E-state index contributed by atoms with van der Waals surface area (Å²) in [6.07, 6.45) is 0.476. The molecule has 4 heterocycles. The van der Waals surface area contributed by atoms with Gasteiger partial charge in [0.1, 0.15) is 17.2 Å². The fraction of sp³-hybridized carbons (Fsp3) is 0.192. The van der Waals surface area contributed by atoms with Gasteiger partial charge < -0.3 is 24.6 Å². The van der Waals surface area contributed by atoms with Gasteiger partial charge in [0, 0.05) is 19.4 Å². The highest BCUT2D eigenvalue weighted by Gasteiger charge is 2.22. The van der Waals surface area contributed by atoms with Gasteiger partial charge in [-0.3, -0.25) is 14.2 Å². The summed E-state index contributed by atoms with van der Waals surface area (Å²) < 4.78 is 16.8. The standard InChI is InChI=1S/C23H16N6O4S.C3H8O/c24-20-23(31)29(16-11-18(34-22(16)26-20)21-25-19(12-30)33-27-21)14-6-7-17-15(10-14)28(8-9-32-17)13-4-2-1-3-5-13;1-3-4-2/h1-7,10-12H,8-9H2,(H2,24,26);3H2,1-2H3. The molecular weight excluding hydrogens is 508 g/mol. The molecule has 0 spiro atoms. The largest absolute Gasteiger partial charge is 0.490 e. The molecular formula is C26H24N6O5S. The number of anilines is 3. The summed E-state index contributed by atoms with van der Waals surface area (Å²) in [7, 11) is 1.68. The van der Waals surface area contributed by atoms with E-state index in [1.54, 1.807) is 13.2 Å². The molecule has 0 bridgehead atoms. The smallest absolute Gasteiger partial charge is 0.298 e. The lowest BCUT2D eigenvalue weighted by atomic mass is 10.1. The van der Waals surface area contributed by atoms with Crippen molar-refractivity contribution in [2.45, 2.75) is 6.92 Å². The highest BCUT2D eigenvalue weighted by atomic mass is 32.1. The summed E-state index contributed by atoms with van der Waals surface area (Å²) in [4.78, 5) is 35.6. The molecule has 0 atom stereocenters. The van der Waals surface area contributed by atoms with Gasteiger partial charge in [-0.25, -0.2) is 4.98 Å². The van der Waals surface area contributed by atoms with E-state index in [0.717, 1.165) is 23.7 Å². The van der Waals surface area contributed by atoms with Gasteiger partial charge in [-0.15, -0.1) is 11.3 Å². The Balaban J connectivity index is 0.000000689. The molecule has 2 N–H and O–H groups in total. The first-order chi connectivity index (χ1) is 18.5. The van der Waals surface area contributed by atoms with Crippen LogP contribution in [0.3, 0.4) is 0 Å². The monoisotopic (exact) mass is 532 g/mol. The zero-order chi connectivity index (χ0) is 26.6. The number of nitrogens with two attached hydrogens (primary N) is 1. The maximum Gasteiger partial charge on any atom is 0.298 e. The van der Waals surface area contributed by atoms with E-state index in [0.29, 0.717) is 40.3 Å². The third-order valence-electron chi connectivity index (χ3n) is 5.76. The number of ether oxygens (including phenoxy) is 2. The lowest BCUT2D eigenvalue weighted by molar-refractivity contribution is 0.108. The summed E-state index contributed by atoms with van der Waals surface area (Å²) in [5, 5.41) is 3.82. The Hall–Kier alpha value is -4.55. The molecule has 0 saturated carbocycles. The summed E-state index contributed by atoms with van der Waals surface area (Å²) in [6, 6.07) is 17.3. The number of carbonyl (C=O) groups excluding carboxylic acids is 1. The Morgan fingerprint density at radius 2 is 1.92 bits per heavy atom. The number of hydrogen-bond acceptors (Lipinski definition) is 11. The number of methoxy groups -OCH3 is 1. The number of para-hydroxylation sites is 1. The Morgan fingerprint density at radius 1 is 1.13 bits per heavy atom. The van der Waals surface area contributed by atoms with E-state index < -0.39 is 5.56 Å². The van der Waals surface area contributed by atoms with Crippen LogP contribution in [0.5, 0.6) is 5.75 Å². The molecule has 38 heavy (non-hydrogen) atoms.